The normalized spacial score (nSPS) is 16.2. The van der Waals surface area contributed by atoms with Crippen LogP contribution in [-0.2, 0) is 24.4 Å². The van der Waals surface area contributed by atoms with Crippen LogP contribution in [0.1, 0.15) is 39.7 Å². The Morgan fingerprint density at radius 3 is 2.86 bits per heavy atom. The summed E-state index contributed by atoms with van der Waals surface area (Å²) in [5, 5.41) is 3.05. The highest BCUT2D eigenvalue weighted by Gasteiger charge is 2.17. The first-order valence-corrected chi connectivity index (χ1v) is 12.4. The number of para-hydroxylation sites is 1. The lowest BCUT2D eigenvalue weighted by molar-refractivity contribution is -0.0212. The van der Waals surface area contributed by atoms with Gasteiger partial charge in [0.1, 0.15) is 18.0 Å². The van der Waals surface area contributed by atoms with Gasteiger partial charge in [0, 0.05) is 38.6 Å². The van der Waals surface area contributed by atoms with Gasteiger partial charge in [0.25, 0.3) is 5.91 Å². The molecule has 5 rings (SSSR count). The van der Waals surface area contributed by atoms with Gasteiger partial charge in [-0.15, -0.1) is 0 Å². The highest BCUT2D eigenvalue weighted by Crippen LogP contribution is 2.20. The minimum atomic E-state index is -0.163. The third kappa shape index (κ3) is 5.75. The fourth-order valence-electron chi connectivity index (χ4n) is 4.61. The van der Waals surface area contributed by atoms with Gasteiger partial charge >= 0.3 is 0 Å². The van der Waals surface area contributed by atoms with Crippen LogP contribution in [0.4, 0.5) is 0 Å². The van der Waals surface area contributed by atoms with Crippen molar-refractivity contribution in [2.24, 2.45) is 0 Å². The van der Waals surface area contributed by atoms with E-state index in [4.69, 9.17) is 9.47 Å². The minimum Gasteiger partial charge on any atom is -0.486 e. The number of nitrogens with zero attached hydrogens (tertiary/aromatic N) is 3. The Morgan fingerprint density at radius 2 is 2.00 bits per heavy atom. The summed E-state index contributed by atoms with van der Waals surface area (Å²) in [6, 6.07) is 19.7. The second kappa shape index (κ2) is 10.9. The fraction of sp³-hybridized carbons (Fsp3) is 0.310. The quantitative estimate of drug-likeness (QED) is 0.402. The van der Waals surface area contributed by atoms with Gasteiger partial charge in [0.05, 0.1) is 24.0 Å². The largest absolute Gasteiger partial charge is 0.486 e. The van der Waals surface area contributed by atoms with Crippen molar-refractivity contribution in [1.29, 1.82) is 0 Å². The average molecular weight is 485 g/mol. The van der Waals surface area contributed by atoms with Crippen molar-refractivity contribution in [2.75, 3.05) is 19.7 Å². The van der Waals surface area contributed by atoms with E-state index in [1.807, 2.05) is 66.2 Å². The number of rotatable bonds is 8. The Balaban J connectivity index is 1.20. The third-order valence-electron chi connectivity index (χ3n) is 6.41. The Bertz CT molecular complexity index is 1350. The molecule has 2 aromatic heterocycles. The zero-order valence-electron chi connectivity index (χ0n) is 20.8. The Labute approximate surface area is 211 Å². The lowest BCUT2D eigenvalue weighted by Gasteiger charge is -2.31. The van der Waals surface area contributed by atoms with Crippen LogP contribution in [0.3, 0.4) is 0 Å². The summed E-state index contributed by atoms with van der Waals surface area (Å²) in [6.45, 7) is 8.41. The molecule has 1 amide bonds. The molecular weight excluding hydrogens is 452 g/mol. The first kappa shape index (κ1) is 24.0. The molecule has 0 aliphatic carbocycles. The van der Waals surface area contributed by atoms with E-state index >= 15 is 0 Å². The van der Waals surface area contributed by atoms with Gasteiger partial charge in [-0.05, 0) is 48.7 Å². The monoisotopic (exact) mass is 484 g/mol. The summed E-state index contributed by atoms with van der Waals surface area (Å²) in [4.78, 5) is 20.1. The lowest BCUT2D eigenvalue weighted by Crippen LogP contribution is -2.40. The number of ether oxygens (including phenoxy) is 2. The van der Waals surface area contributed by atoms with Crippen molar-refractivity contribution in [3.05, 3.63) is 101 Å². The maximum atomic E-state index is 13.0. The van der Waals surface area contributed by atoms with Crippen molar-refractivity contribution >= 4 is 11.6 Å². The van der Waals surface area contributed by atoms with E-state index in [0.717, 1.165) is 48.7 Å². The zero-order chi connectivity index (χ0) is 24.9. The molecule has 0 saturated carbocycles. The molecular formula is C29H32N4O3. The molecule has 1 atom stereocenters. The molecule has 1 fully saturated rings. The van der Waals surface area contributed by atoms with Crippen LogP contribution in [0.2, 0.25) is 0 Å². The number of nitrogens with one attached hydrogen (secondary N) is 1. The maximum Gasteiger partial charge on any atom is 0.255 e. The Kier molecular flexibility index (Phi) is 7.30. The molecule has 3 heterocycles. The predicted molar refractivity (Wildman–Crippen MR) is 139 cm³/mol. The fourth-order valence-corrected chi connectivity index (χ4v) is 4.61. The SMILES string of the molecule is Cc1cccn2cc(COc3ccccc3C(=O)NCc3cccc(CN4CCOC(C)C4)c3)nc12. The molecule has 7 heteroatoms. The zero-order valence-corrected chi connectivity index (χ0v) is 20.8. The molecule has 186 valence electrons. The van der Waals surface area contributed by atoms with E-state index in [-0.39, 0.29) is 18.6 Å². The molecule has 1 aliphatic heterocycles. The van der Waals surface area contributed by atoms with Crippen LogP contribution in [-0.4, -0.2) is 46.0 Å². The first-order valence-electron chi connectivity index (χ1n) is 12.4. The van der Waals surface area contributed by atoms with Gasteiger partial charge in [0.15, 0.2) is 0 Å². The number of benzene rings is 2. The molecule has 2 aromatic carbocycles. The van der Waals surface area contributed by atoms with Crippen molar-refractivity contribution in [1.82, 2.24) is 19.6 Å². The van der Waals surface area contributed by atoms with E-state index in [2.05, 4.69) is 34.3 Å². The number of aryl methyl sites for hydroxylation is 1. The molecule has 36 heavy (non-hydrogen) atoms. The second-order valence-electron chi connectivity index (χ2n) is 9.36. The molecule has 0 bridgehead atoms. The molecule has 1 unspecified atom stereocenters. The number of fused-ring (bicyclic) bond motifs is 1. The van der Waals surface area contributed by atoms with Gasteiger partial charge in [-0.2, -0.15) is 0 Å². The Hall–Kier alpha value is -3.68. The van der Waals surface area contributed by atoms with Crippen LogP contribution >= 0.6 is 0 Å². The highest BCUT2D eigenvalue weighted by atomic mass is 16.5. The molecule has 7 nitrogen and oxygen atoms in total. The smallest absolute Gasteiger partial charge is 0.255 e. The second-order valence-corrected chi connectivity index (χ2v) is 9.36. The van der Waals surface area contributed by atoms with E-state index in [1.54, 1.807) is 6.07 Å². The summed E-state index contributed by atoms with van der Waals surface area (Å²) in [7, 11) is 0. The van der Waals surface area contributed by atoms with Gasteiger partial charge in [-0.25, -0.2) is 4.98 Å². The number of morpholine rings is 1. The predicted octanol–water partition coefficient (Wildman–Crippen LogP) is 4.37. The van der Waals surface area contributed by atoms with Gasteiger partial charge < -0.3 is 19.2 Å². The number of hydrogen-bond donors (Lipinski definition) is 1. The highest BCUT2D eigenvalue weighted by molar-refractivity contribution is 5.96. The first-order chi connectivity index (χ1) is 17.5. The summed E-state index contributed by atoms with van der Waals surface area (Å²) < 4.78 is 13.7. The van der Waals surface area contributed by atoms with Crippen molar-refractivity contribution in [2.45, 2.75) is 39.6 Å². The number of carbonyl (C=O) groups is 1. The number of pyridine rings is 1. The van der Waals surface area contributed by atoms with E-state index < -0.39 is 0 Å². The maximum absolute atomic E-state index is 13.0. The van der Waals surface area contributed by atoms with Gasteiger partial charge in [-0.3, -0.25) is 9.69 Å². The molecule has 1 saturated heterocycles. The molecule has 0 spiro atoms. The van der Waals surface area contributed by atoms with Gasteiger partial charge in [0.2, 0.25) is 0 Å². The van der Waals surface area contributed by atoms with Crippen LogP contribution in [0.15, 0.2) is 73.1 Å². The summed E-state index contributed by atoms with van der Waals surface area (Å²) >= 11 is 0. The van der Waals surface area contributed by atoms with E-state index in [0.29, 0.717) is 17.9 Å². The molecule has 0 radical (unpaired) electrons. The standard InChI is InChI=1S/C29H32N4O3/c1-21-7-6-12-33-19-25(31-28(21)33)20-36-27-11-4-3-10-26(27)29(34)30-16-23-8-5-9-24(15-23)18-32-13-14-35-22(2)17-32/h3-12,15,19,22H,13-14,16-18,20H2,1-2H3,(H,30,34). The minimum absolute atomic E-state index is 0.163. The van der Waals surface area contributed by atoms with Gasteiger partial charge in [-0.1, -0.05) is 42.5 Å². The van der Waals surface area contributed by atoms with Crippen LogP contribution in [0.5, 0.6) is 5.75 Å². The number of imidazole rings is 1. The summed E-state index contributed by atoms with van der Waals surface area (Å²) in [5.74, 6) is 0.378. The average Bonchev–Trinajstić information content (AvgIpc) is 3.31. The number of hydrogen-bond acceptors (Lipinski definition) is 5. The summed E-state index contributed by atoms with van der Waals surface area (Å²) in [6.07, 6.45) is 4.19. The number of aromatic nitrogens is 2. The summed E-state index contributed by atoms with van der Waals surface area (Å²) in [5.41, 5.74) is 5.64. The molecule has 1 N–H and O–H groups in total. The van der Waals surface area contributed by atoms with Crippen molar-refractivity contribution in [3.8, 4) is 5.75 Å². The lowest BCUT2D eigenvalue weighted by atomic mass is 10.1. The molecule has 1 aliphatic rings. The number of amides is 1. The topological polar surface area (TPSA) is 68.1 Å². The van der Waals surface area contributed by atoms with Crippen LogP contribution in [0.25, 0.3) is 5.65 Å². The van der Waals surface area contributed by atoms with Crippen LogP contribution in [0, 0.1) is 6.92 Å². The van der Waals surface area contributed by atoms with Crippen molar-refractivity contribution in [3.63, 3.8) is 0 Å². The van der Waals surface area contributed by atoms with E-state index in [9.17, 15) is 4.79 Å². The van der Waals surface area contributed by atoms with Crippen molar-refractivity contribution < 1.29 is 14.3 Å². The molecule has 4 aromatic rings. The third-order valence-corrected chi connectivity index (χ3v) is 6.41. The number of carbonyl (C=O) groups excluding carboxylic acids is 1. The van der Waals surface area contributed by atoms with Crippen LogP contribution < -0.4 is 10.1 Å². The Morgan fingerprint density at radius 1 is 1.14 bits per heavy atom. The van der Waals surface area contributed by atoms with E-state index in [1.165, 1.54) is 5.56 Å².